The fourth-order valence-corrected chi connectivity index (χ4v) is 7.90. The molecule has 2 aromatic carbocycles. The van der Waals surface area contributed by atoms with Crippen LogP contribution < -0.4 is 4.72 Å². The molecule has 10 heteroatoms. The summed E-state index contributed by atoms with van der Waals surface area (Å²) in [4.78, 5) is 16.2. The molecule has 198 valence electrons. The van der Waals surface area contributed by atoms with Crippen LogP contribution in [0.25, 0.3) is 6.08 Å². The second kappa shape index (κ2) is 10.7. The number of carbonyl (C=O) groups excluding carboxylic acids is 1. The largest absolute Gasteiger partial charge is 0.280 e. The van der Waals surface area contributed by atoms with E-state index in [9.17, 15) is 13.2 Å². The van der Waals surface area contributed by atoms with Crippen LogP contribution in [0, 0.1) is 5.92 Å². The number of benzene rings is 2. The highest BCUT2D eigenvalue weighted by atomic mass is 35.5. The van der Waals surface area contributed by atoms with Gasteiger partial charge in [-0.3, -0.25) is 9.52 Å². The van der Waals surface area contributed by atoms with Crippen molar-refractivity contribution in [1.29, 1.82) is 0 Å². The summed E-state index contributed by atoms with van der Waals surface area (Å²) in [6.45, 7) is 0. The summed E-state index contributed by atoms with van der Waals surface area (Å²) >= 11 is 9.21. The molecule has 0 saturated heterocycles. The van der Waals surface area contributed by atoms with Gasteiger partial charge in [-0.15, -0.1) is 22.7 Å². The van der Waals surface area contributed by atoms with Crippen LogP contribution in [0.4, 0.5) is 5.69 Å². The molecule has 6 rings (SSSR count). The molecule has 0 unspecified atom stereocenters. The Kier molecular flexibility index (Phi) is 7.16. The van der Waals surface area contributed by atoms with E-state index in [4.69, 9.17) is 16.7 Å². The third kappa shape index (κ3) is 5.32. The number of sulfonamides is 1. The van der Waals surface area contributed by atoms with E-state index >= 15 is 0 Å². The van der Waals surface area contributed by atoms with Gasteiger partial charge in [0, 0.05) is 31.9 Å². The fourth-order valence-electron chi connectivity index (χ4n) is 5.11. The Balaban J connectivity index is 1.34. The van der Waals surface area contributed by atoms with Gasteiger partial charge in [0.05, 0.1) is 16.6 Å². The normalized spacial score (nSPS) is 20.1. The quantitative estimate of drug-likeness (QED) is 0.249. The summed E-state index contributed by atoms with van der Waals surface area (Å²) in [7, 11) is -3.93. The molecular formula is C29H24ClN3O3S3. The maximum atomic E-state index is 14.0. The van der Waals surface area contributed by atoms with Crippen molar-refractivity contribution in [2.45, 2.75) is 30.2 Å². The first-order chi connectivity index (χ1) is 18.9. The van der Waals surface area contributed by atoms with Crippen molar-refractivity contribution in [3.05, 3.63) is 109 Å². The zero-order valence-electron chi connectivity index (χ0n) is 20.7. The van der Waals surface area contributed by atoms with Crippen LogP contribution in [0.5, 0.6) is 0 Å². The Bertz CT molecular complexity index is 1660. The number of fused-ring (bicyclic) bond motifs is 1. The van der Waals surface area contributed by atoms with Gasteiger partial charge in [0.2, 0.25) is 0 Å². The molecule has 4 aromatic rings. The topological polar surface area (TPSA) is 78.8 Å². The fraction of sp³-hybridized carbons (Fsp3) is 0.172. The van der Waals surface area contributed by atoms with Gasteiger partial charge in [-0.25, -0.2) is 13.4 Å². The number of hydrogen-bond donors (Lipinski definition) is 1. The van der Waals surface area contributed by atoms with E-state index in [0.29, 0.717) is 10.7 Å². The molecule has 0 radical (unpaired) electrons. The van der Waals surface area contributed by atoms with E-state index in [2.05, 4.69) is 22.2 Å². The lowest BCUT2D eigenvalue weighted by molar-refractivity contribution is 0.0684. The summed E-state index contributed by atoms with van der Waals surface area (Å²) in [6, 6.07) is 20.4. The molecule has 1 fully saturated rings. The van der Waals surface area contributed by atoms with Crippen LogP contribution in [0.3, 0.4) is 0 Å². The predicted molar refractivity (Wildman–Crippen MR) is 159 cm³/mol. The van der Waals surface area contributed by atoms with Crippen molar-refractivity contribution in [3.8, 4) is 0 Å². The minimum absolute atomic E-state index is 0.00137. The maximum absolute atomic E-state index is 14.0. The first kappa shape index (κ1) is 26.0. The van der Waals surface area contributed by atoms with Crippen LogP contribution in [-0.4, -0.2) is 25.0 Å². The Hall–Kier alpha value is -3.24. The van der Waals surface area contributed by atoms with Crippen LogP contribution in [0.2, 0.25) is 5.02 Å². The monoisotopic (exact) mass is 593 g/mol. The maximum Gasteiger partial charge on any atom is 0.274 e. The molecule has 3 heterocycles. The SMILES string of the molecule is O=C(c1cccc(S(=O)(=O)Nc2ccc(Cl)cc2)c1)N1N=C2/C(=C\c3cccs3)CCC[C@@H]2[C@H]1c1cccs1. The Morgan fingerprint density at radius 2 is 1.82 bits per heavy atom. The lowest BCUT2D eigenvalue weighted by atomic mass is 9.79. The molecule has 1 saturated carbocycles. The van der Waals surface area contributed by atoms with Crippen LogP contribution in [-0.2, 0) is 10.0 Å². The van der Waals surface area contributed by atoms with Crippen molar-refractivity contribution >= 4 is 67.7 Å². The number of allylic oxidation sites excluding steroid dienone is 1. The zero-order chi connectivity index (χ0) is 27.0. The van der Waals surface area contributed by atoms with E-state index in [1.807, 2.05) is 23.6 Å². The lowest BCUT2D eigenvalue weighted by Crippen LogP contribution is -2.31. The van der Waals surface area contributed by atoms with Gasteiger partial charge in [0.1, 0.15) is 0 Å². The Morgan fingerprint density at radius 1 is 1.03 bits per heavy atom. The van der Waals surface area contributed by atoms with Gasteiger partial charge in [0.25, 0.3) is 15.9 Å². The zero-order valence-corrected chi connectivity index (χ0v) is 23.9. The second-order valence-corrected chi connectivity index (χ2v) is 13.5. The smallest absolute Gasteiger partial charge is 0.274 e. The van der Waals surface area contributed by atoms with Crippen LogP contribution in [0.1, 0.15) is 45.4 Å². The number of nitrogens with one attached hydrogen (secondary N) is 1. The van der Waals surface area contributed by atoms with Gasteiger partial charge in [-0.05, 0) is 96.3 Å². The number of thiophene rings is 2. The third-order valence-electron chi connectivity index (χ3n) is 6.89. The number of nitrogens with zero attached hydrogens (tertiary/aromatic N) is 2. The van der Waals surface area contributed by atoms with E-state index in [1.165, 1.54) is 12.1 Å². The van der Waals surface area contributed by atoms with Gasteiger partial charge in [0.15, 0.2) is 0 Å². The molecule has 2 aromatic heterocycles. The predicted octanol–water partition coefficient (Wildman–Crippen LogP) is 7.70. The molecule has 6 nitrogen and oxygen atoms in total. The molecule has 1 aliphatic heterocycles. The minimum atomic E-state index is -3.93. The van der Waals surface area contributed by atoms with Crippen molar-refractivity contribution in [2.75, 3.05) is 4.72 Å². The standard InChI is InChI=1S/C29H24ClN3O3S3/c30-21-11-13-22(14-12-21)32-39(35,36)24-8-1-6-20(18-24)29(34)33-28(26-10-4-16-38-26)25-9-2-5-19(27(25)31-33)17-23-7-3-15-37-23/h1,3-4,6-8,10-18,25,28,32H,2,5,9H2/b19-17-/t25-,28-/m0/s1. The van der Waals surface area contributed by atoms with Gasteiger partial charge in [-0.1, -0.05) is 29.8 Å². The Labute approximate surface area is 240 Å². The van der Waals surface area contributed by atoms with Crippen molar-refractivity contribution < 1.29 is 13.2 Å². The Morgan fingerprint density at radius 3 is 2.56 bits per heavy atom. The van der Waals surface area contributed by atoms with Gasteiger partial charge in [-0.2, -0.15) is 5.10 Å². The molecule has 1 amide bonds. The van der Waals surface area contributed by atoms with E-state index in [0.717, 1.165) is 40.3 Å². The molecule has 0 spiro atoms. The first-order valence-corrected chi connectivity index (χ1v) is 16.1. The number of hydrogen-bond acceptors (Lipinski definition) is 6. The van der Waals surface area contributed by atoms with Crippen molar-refractivity contribution in [3.63, 3.8) is 0 Å². The molecule has 2 aliphatic rings. The van der Waals surface area contributed by atoms with E-state index in [-0.39, 0.29) is 28.3 Å². The molecular weight excluding hydrogens is 570 g/mol. The highest BCUT2D eigenvalue weighted by Gasteiger charge is 2.44. The van der Waals surface area contributed by atoms with E-state index < -0.39 is 10.0 Å². The number of rotatable bonds is 6. The lowest BCUT2D eigenvalue weighted by Gasteiger charge is -2.28. The van der Waals surface area contributed by atoms with Crippen LogP contribution in [0.15, 0.2) is 99.1 Å². The molecule has 1 N–H and O–H groups in total. The third-order valence-corrected chi connectivity index (χ3v) is 10.3. The summed E-state index contributed by atoms with van der Waals surface area (Å²) in [5.74, 6) is -0.236. The number of anilines is 1. The number of amides is 1. The van der Waals surface area contributed by atoms with Gasteiger partial charge < -0.3 is 0 Å². The van der Waals surface area contributed by atoms with Crippen molar-refractivity contribution in [2.24, 2.45) is 11.0 Å². The average Bonchev–Trinajstić information content (AvgIpc) is 3.71. The van der Waals surface area contributed by atoms with Crippen molar-refractivity contribution in [1.82, 2.24) is 5.01 Å². The average molecular weight is 594 g/mol. The van der Waals surface area contributed by atoms with Crippen LogP contribution >= 0.6 is 34.3 Å². The number of hydrazone groups is 1. The summed E-state index contributed by atoms with van der Waals surface area (Å²) in [6.07, 6.45) is 5.06. The minimum Gasteiger partial charge on any atom is -0.280 e. The molecule has 2 atom stereocenters. The number of halogens is 1. The number of carbonyl (C=O) groups is 1. The highest BCUT2D eigenvalue weighted by molar-refractivity contribution is 7.92. The summed E-state index contributed by atoms with van der Waals surface area (Å²) in [5, 5.41) is 11.1. The second-order valence-electron chi connectivity index (χ2n) is 9.42. The molecule has 0 bridgehead atoms. The summed E-state index contributed by atoms with van der Waals surface area (Å²) < 4.78 is 28.8. The highest BCUT2D eigenvalue weighted by Crippen LogP contribution is 2.46. The van der Waals surface area contributed by atoms with Gasteiger partial charge >= 0.3 is 0 Å². The summed E-state index contributed by atoms with van der Waals surface area (Å²) in [5.41, 5.74) is 2.76. The van der Waals surface area contributed by atoms with E-state index in [1.54, 1.807) is 64.1 Å². The molecule has 1 aliphatic carbocycles. The molecule has 39 heavy (non-hydrogen) atoms. The first-order valence-electron chi connectivity index (χ1n) is 12.5.